The van der Waals surface area contributed by atoms with Crippen molar-refractivity contribution in [3.8, 4) is 5.75 Å². The van der Waals surface area contributed by atoms with Crippen LogP contribution >= 0.6 is 0 Å². The molecule has 0 radical (unpaired) electrons. The first kappa shape index (κ1) is 17.9. The van der Waals surface area contributed by atoms with E-state index in [4.69, 9.17) is 4.74 Å². The van der Waals surface area contributed by atoms with Crippen molar-refractivity contribution in [3.63, 3.8) is 0 Å². The zero-order valence-corrected chi connectivity index (χ0v) is 14.8. The number of anilines is 1. The highest BCUT2D eigenvalue weighted by molar-refractivity contribution is 6.03. The largest absolute Gasteiger partial charge is 0.494 e. The molecule has 0 spiro atoms. The van der Waals surface area contributed by atoms with Crippen LogP contribution in [0, 0.1) is 5.82 Å². The Labute approximate surface area is 152 Å². The van der Waals surface area contributed by atoms with E-state index in [1.54, 1.807) is 11.8 Å². The van der Waals surface area contributed by atoms with Crippen molar-refractivity contribution in [2.45, 2.75) is 19.9 Å². The molecule has 0 aromatic heterocycles. The fourth-order valence-corrected chi connectivity index (χ4v) is 3.05. The lowest BCUT2D eigenvalue weighted by Crippen LogP contribution is -2.57. The van der Waals surface area contributed by atoms with Gasteiger partial charge in [0.15, 0.2) is 0 Å². The minimum atomic E-state index is -0.590. The number of halogens is 1. The first-order valence-corrected chi connectivity index (χ1v) is 8.62. The SMILES string of the molecule is CCOc1ccc(N2CCN(C(=O)c3ccc(F)cc3)C(C)C2=O)cc1. The van der Waals surface area contributed by atoms with Crippen molar-refractivity contribution in [3.05, 3.63) is 59.9 Å². The predicted octanol–water partition coefficient (Wildman–Crippen LogP) is 3.10. The Hall–Kier alpha value is -2.89. The molecule has 2 amide bonds. The highest BCUT2D eigenvalue weighted by Crippen LogP contribution is 2.24. The van der Waals surface area contributed by atoms with E-state index < -0.39 is 11.9 Å². The standard InChI is InChI=1S/C20H21FN2O3/c1-3-26-18-10-8-17(9-11-18)23-13-12-22(14(2)19(23)24)20(25)15-4-6-16(21)7-5-15/h4-11,14H,3,12-13H2,1-2H3. The summed E-state index contributed by atoms with van der Waals surface area (Å²) in [6, 6.07) is 12.1. The summed E-state index contributed by atoms with van der Waals surface area (Å²) in [4.78, 5) is 28.6. The number of rotatable bonds is 4. The first-order valence-electron chi connectivity index (χ1n) is 8.62. The highest BCUT2D eigenvalue weighted by Gasteiger charge is 2.35. The molecule has 1 aliphatic heterocycles. The summed E-state index contributed by atoms with van der Waals surface area (Å²) in [6.07, 6.45) is 0. The van der Waals surface area contributed by atoms with Gasteiger partial charge in [-0.1, -0.05) is 0 Å². The zero-order valence-electron chi connectivity index (χ0n) is 14.8. The van der Waals surface area contributed by atoms with Crippen LogP contribution in [0.4, 0.5) is 10.1 Å². The molecule has 1 unspecified atom stereocenters. The molecule has 1 saturated heterocycles. The van der Waals surface area contributed by atoms with Gasteiger partial charge >= 0.3 is 0 Å². The molecule has 1 fully saturated rings. The van der Waals surface area contributed by atoms with Gasteiger partial charge in [-0.3, -0.25) is 9.59 Å². The van der Waals surface area contributed by atoms with E-state index in [9.17, 15) is 14.0 Å². The fourth-order valence-electron chi connectivity index (χ4n) is 3.05. The van der Waals surface area contributed by atoms with Gasteiger partial charge in [0.05, 0.1) is 6.61 Å². The molecular formula is C20H21FN2O3. The molecule has 2 aromatic rings. The maximum absolute atomic E-state index is 13.1. The van der Waals surface area contributed by atoms with E-state index in [0.29, 0.717) is 25.3 Å². The average molecular weight is 356 g/mol. The molecule has 2 aromatic carbocycles. The van der Waals surface area contributed by atoms with Gasteiger partial charge in [0.1, 0.15) is 17.6 Å². The number of hydrogen-bond donors (Lipinski definition) is 0. The summed E-state index contributed by atoms with van der Waals surface area (Å²) >= 11 is 0. The lowest BCUT2D eigenvalue weighted by molar-refractivity contribution is -0.124. The molecule has 1 heterocycles. The number of amides is 2. The minimum absolute atomic E-state index is 0.143. The van der Waals surface area contributed by atoms with Crippen LogP contribution in [-0.2, 0) is 4.79 Å². The quantitative estimate of drug-likeness (QED) is 0.846. The zero-order chi connectivity index (χ0) is 18.7. The second-order valence-electron chi connectivity index (χ2n) is 6.10. The van der Waals surface area contributed by atoms with E-state index in [1.165, 1.54) is 29.2 Å². The van der Waals surface area contributed by atoms with Gasteiger partial charge in [0.25, 0.3) is 5.91 Å². The summed E-state index contributed by atoms with van der Waals surface area (Å²) < 4.78 is 18.5. The second kappa shape index (κ2) is 7.56. The molecule has 0 saturated carbocycles. The molecule has 3 rings (SSSR count). The Morgan fingerprint density at radius 2 is 1.77 bits per heavy atom. The van der Waals surface area contributed by atoms with Crippen molar-refractivity contribution in [1.82, 2.24) is 4.90 Å². The van der Waals surface area contributed by atoms with Crippen LogP contribution in [0.1, 0.15) is 24.2 Å². The fraction of sp³-hybridized carbons (Fsp3) is 0.300. The Morgan fingerprint density at radius 1 is 1.12 bits per heavy atom. The van der Waals surface area contributed by atoms with Gasteiger partial charge in [0, 0.05) is 24.3 Å². The summed E-state index contributed by atoms with van der Waals surface area (Å²) in [5.41, 5.74) is 1.15. The number of carbonyl (C=O) groups is 2. The Morgan fingerprint density at radius 3 is 2.38 bits per heavy atom. The third-order valence-corrected chi connectivity index (χ3v) is 4.47. The van der Waals surface area contributed by atoms with Crippen LogP contribution in [0.25, 0.3) is 0 Å². The topological polar surface area (TPSA) is 49.9 Å². The van der Waals surface area contributed by atoms with E-state index >= 15 is 0 Å². The first-order chi connectivity index (χ1) is 12.5. The number of piperazine rings is 1. The van der Waals surface area contributed by atoms with Crippen molar-refractivity contribution in [2.75, 3.05) is 24.6 Å². The molecule has 0 bridgehead atoms. The smallest absolute Gasteiger partial charge is 0.254 e. The number of hydrogen-bond acceptors (Lipinski definition) is 3. The second-order valence-corrected chi connectivity index (χ2v) is 6.10. The Bertz CT molecular complexity index is 790. The lowest BCUT2D eigenvalue weighted by Gasteiger charge is -2.39. The minimum Gasteiger partial charge on any atom is -0.494 e. The van der Waals surface area contributed by atoms with E-state index in [-0.39, 0.29) is 11.8 Å². The predicted molar refractivity (Wildman–Crippen MR) is 96.9 cm³/mol. The summed E-state index contributed by atoms with van der Waals surface area (Å²) in [7, 11) is 0. The third kappa shape index (κ3) is 3.54. The molecule has 136 valence electrons. The molecule has 0 N–H and O–H groups in total. The number of nitrogens with zero attached hydrogens (tertiary/aromatic N) is 2. The van der Waals surface area contributed by atoms with Crippen LogP contribution in [0.2, 0.25) is 0 Å². The van der Waals surface area contributed by atoms with Crippen LogP contribution in [-0.4, -0.2) is 42.5 Å². The monoisotopic (exact) mass is 356 g/mol. The van der Waals surface area contributed by atoms with Gasteiger partial charge < -0.3 is 14.5 Å². The molecule has 1 aliphatic rings. The Balaban J connectivity index is 1.73. The maximum atomic E-state index is 13.1. The molecule has 5 nitrogen and oxygen atoms in total. The third-order valence-electron chi connectivity index (χ3n) is 4.47. The summed E-state index contributed by atoms with van der Waals surface area (Å²) in [5, 5.41) is 0. The van der Waals surface area contributed by atoms with Crippen LogP contribution in [0.15, 0.2) is 48.5 Å². The molecule has 1 atom stereocenters. The number of ether oxygens (including phenoxy) is 1. The van der Waals surface area contributed by atoms with E-state index in [1.807, 2.05) is 31.2 Å². The summed E-state index contributed by atoms with van der Waals surface area (Å²) in [6.45, 7) is 5.03. The maximum Gasteiger partial charge on any atom is 0.254 e. The average Bonchev–Trinajstić information content (AvgIpc) is 2.65. The van der Waals surface area contributed by atoms with Gasteiger partial charge in [0.2, 0.25) is 5.91 Å². The van der Waals surface area contributed by atoms with Gasteiger partial charge in [-0.25, -0.2) is 4.39 Å². The van der Waals surface area contributed by atoms with Crippen LogP contribution < -0.4 is 9.64 Å². The summed E-state index contributed by atoms with van der Waals surface area (Å²) in [5.74, 6) is -0.0547. The van der Waals surface area contributed by atoms with E-state index in [2.05, 4.69) is 0 Å². The van der Waals surface area contributed by atoms with E-state index in [0.717, 1.165) is 11.4 Å². The van der Waals surface area contributed by atoms with Crippen LogP contribution in [0.5, 0.6) is 5.75 Å². The van der Waals surface area contributed by atoms with Crippen molar-refractivity contribution >= 4 is 17.5 Å². The normalized spacial score (nSPS) is 17.3. The number of carbonyl (C=O) groups excluding carboxylic acids is 2. The van der Waals surface area contributed by atoms with Gasteiger partial charge in [-0.05, 0) is 62.4 Å². The molecular weight excluding hydrogens is 335 g/mol. The van der Waals surface area contributed by atoms with Gasteiger partial charge in [-0.2, -0.15) is 0 Å². The molecule has 6 heteroatoms. The van der Waals surface area contributed by atoms with Crippen molar-refractivity contribution in [2.24, 2.45) is 0 Å². The number of benzene rings is 2. The molecule has 0 aliphatic carbocycles. The van der Waals surface area contributed by atoms with Crippen molar-refractivity contribution < 1.29 is 18.7 Å². The lowest BCUT2D eigenvalue weighted by atomic mass is 10.1. The van der Waals surface area contributed by atoms with Gasteiger partial charge in [-0.15, -0.1) is 0 Å². The highest BCUT2D eigenvalue weighted by atomic mass is 19.1. The van der Waals surface area contributed by atoms with Crippen molar-refractivity contribution in [1.29, 1.82) is 0 Å². The Kier molecular flexibility index (Phi) is 5.21. The van der Waals surface area contributed by atoms with Crippen LogP contribution in [0.3, 0.4) is 0 Å². The molecule has 26 heavy (non-hydrogen) atoms.